The molecule has 0 aliphatic rings. The van der Waals surface area contributed by atoms with Crippen LogP contribution in [0.4, 0.5) is 0 Å². The molecule has 0 aliphatic carbocycles. The fourth-order valence-electron chi connectivity index (χ4n) is 2.15. The highest BCUT2D eigenvalue weighted by Crippen LogP contribution is 2.11. The quantitative estimate of drug-likeness (QED) is 0.787. The van der Waals surface area contributed by atoms with Crippen LogP contribution >= 0.6 is 0 Å². The first-order valence-corrected chi connectivity index (χ1v) is 7.08. The molecule has 0 bridgehead atoms. The van der Waals surface area contributed by atoms with Crippen LogP contribution in [0.25, 0.3) is 0 Å². The topological polar surface area (TPSA) is 39.1 Å². The van der Waals surface area contributed by atoms with Gasteiger partial charge in [-0.3, -0.25) is 4.68 Å². The Bertz CT molecular complexity index is 531. The van der Waals surface area contributed by atoms with Gasteiger partial charge in [0.15, 0.2) is 0 Å². The van der Waals surface area contributed by atoms with E-state index < -0.39 is 0 Å². The van der Waals surface area contributed by atoms with Gasteiger partial charge in [0, 0.05) is 13.6 Å². The van der Waals surface area contributed by atoms with Crippen molar-refractivity contribution in [2.75, 3.05) is 13.7 Å². The minimum atomic E-state index is 0.861. The number of nitrogens with one attached hydrogen (secondary N) is 1. The second-order valence-electron chi connectivity index (χ2n) is 4.88. The highest BCUT2D eigenvalue weighted by atomic mass is 16.5. The molecule has 0 spiro atoms. The molecule has 0 unspecified atom stereocenters. The summed E-state index contributed by atoms with van der Waals surface area (Å²) < 4.78 is 7.11. The molecule has 4 heteroatoms. The molecule has 108 valence electrons. The Kier molecular flexibility index (Phi) is 5.18. The van der Waals surface area contributed by atoms with Crippen molar-refractivity contribution in [1.82, 2.24) is 15.1 Å². The Morgan fingerprint density at radius 2 is 2.00 bits per heavy atom. The molecule has 1 aromatic carbocycles. The first-order valence-electron chi connectivity index (χ1n) is 7.08. The van der Waals surface area contributed by atoms with Gasteiger partial charge in [-0.25, -0.2) is 0 Å². The zero-order valence-electron chi connectivity index (χ0n) is 12.5. The lowest BCUT2D eigenvalue weighted by molar-refractivity contribution is 0.414. The summed E-state index contributed by atoms with van der Waals surface area (Å²) in [6, 6.07) is 10.4. The molecular formula is C16H23N3O. The van der Waals surface area contributed by atoms with E-state index in [1.54, 1.807) is 7.11 Å². The minimum absolute atomic E-state index is 0.861. The predicted octanol–water partition coefficient (Wildman–Crippen LogP) is 2.32. The van der Waals surface area contributed by atoms with Gasteiger partial charge in [0.05, 0.1) is 18.5 Å². The maximum Gasteiger partial charge on any atom is 0.118 e. The Hall–Kier alpha value is -1.81. The van der Waals surface area contributed by atoms with Crippen molar-refractivity contribution in [3.63, 3.8) is 0 Å². The van der Waals surface area contributed by atoms with Gasteiger partial charge in [0.2, 0.25) is 0 Å². The van der Waals surface area contributed by atoms with Gasteiger partial charge in [-0.1, -0.05) is 19.1 Å². The molecule has 20 heavy (non-hydrogen) atoms. The molecule has 1 N–H and O–H groups in total. The van der Waals surface area contributed by atoms with Crippen LogP contribution < -0.4 is 10.1 Å². The van der Waals surface area contributed by atoms with Crippen LogP contribution in [0, 0.1) is 0 Å². The molecule has 2 aromatic rings. The van der Waals surface area contributed by atoms with E-state index in [2.05, 4.69) is 35.5 Å². The molecule has 0 atom stereocenters. The second kappa shape index (κ2) is 7.10. The highest BCUT2D eigenvalue weighted by molar-refractivity contribution is 5.27. The van der Waals surface area contributed by atoms with Crippen molar-refractivity contribution in [3.05, 3.63) is 47.3 Å². The van der Waals surface area contributed by atoms with Gasteiger partial charge in [-0.15, -0.1) is 0 Å². The van der Waals surface area contributed by atoms with Crippen LogP contribution in [0.1, 0.15) is 23.9 Å². The normalized spacial score (nSPS) is 10.8. The lowest BCUT2D eigenvalue weighted by atomic mass is 10.1. The van der Waals surface area contributed by atoms with E-state index in [4.69, 9.17) is 4.74 Å². The Labute approximate surface area is 120 Å². The number of benzene rings is 1. The molecule has 0 fully saturated rings. The summed E-state index contributed by atoms with van der Waals surface area (Å²) in [5, 5.41) is 7.91. The Balaban J connectivity index is 1.76. The fourth-order valence-corrected chi connectivity index (χ4v) is 2.15. The van der Waals surface area contributed by atoms with Crippen molar-refractivity contribution in [2.24, 2.45) is 7.05 Å². The van der Waals surface area contributed by atoms with E-state index in [0.717, 1.165) is 37.4 Å². The molecule has 0 aliphatic heterocycles. The van der Waals surface area contributed by atoms with Crippen LogP contribution in [-0.2, 0) is 26.4 Å². The summed E-state index contributed by atoms with van der Waals surface area (Å²) in [5.41, 5.74) is 3.70. The molecule has 2 rings (SSSR count). The smallest absolute Gasteiger partial charge is 0.118 e. The Morgan fingerprint density at radius 1 is 1.25 bits per heavy atom. The van der Waals surface area contributed by atoms with Crippen molar-refractivity contribution >= 4 is 0 Å². The van der Waals surface area contributed by atoms with Gasteiger partial charge in [-0.2, -0.15) is 5.10 Å². The van der Waals surface area contributed by atoms with Gasteiger partial charge in [0.1, 0.15) is 5.75 Å². The first-order chi connectivity index (χ1) is 9.72. The number of hydrogen-bond acceptors (Lipinski definition) is 3. The first kappa shape index (κ1) is 14.6. The number of ether oxygens (including phenoxy) is 1. The number of aryl methyl sites for hydroxylation is 2. The third-order valence-corrected chi connectivity index (χ3v) is 3.45. The number of aromatic nitrogens is 2. The minimum Gasteiger partial charge on any atom is -0.497 e. The summed E-state index contributed by atoms with van der Waals surface area (Å²) in [6.45, 7) is 3.95. The molecular weight excluding hydrogens is 250 g/mol. The molecule has 0 saturated carbocycles. The average molecular weight is 273 g/mol. The lowest BCUT2D eigenvalue weighted by Crippen LogP contribution is -2.18. The van der Waals surface area contributed by atoms with Crippen molar-refractivity contribution in [1.29, 1.82) is 0 Å². The molecule has 4 nitrogen and oxygen atoms in total. The monoisotopic (exact) mass is 273 g/mol. The van der Waals surface area contributed by atoms with Gasteiger partial charge in [0.25, 0.3) is 0 Å². The van der Waals surface area contributed by atoms with Crippen LogP contribution in [0.5, 0.6) is 5.75 Å². The van der Waals surface area contributed by atoms with E-state index >= 15 is 0 Å². The number of methoxy groups -OCH3 is 1. The lowest BCUT2D eigenvalue weighted by Gasteiger charge is -2.06. The zero-order valence-corrected chi connectivity index (χ0v) is 12.5. The van der Waals surface area contributed by atoms with Crippen LogP contribution in [0.15, 0.2) is 30.3 Å². The molecule has 0 radical (unpaired) electrons. The van der Waals surface area contributed by atoms with Gasteiger partial charge >= 0.3 is 0 Å². The maximum absolute atomic E-state index is 5.15. The van der Waals surface area contributed by atoms with Gasteiger partial charge < -0.3 is 10.1 Å². The highest BCUT2D eigenvalue weighted by Gasteiger charge is 2.03. The molecule has 0 amide bonds. The molecule has 0 saturated heterocycles. The fraction of sp³-hybridized carbons (Fsp3) is 0.438. The molecule has 1 aromatic heterocycles. The maximum atomic E-state index is 5.15. The van der Waals surface area contributed by atoms with Crippen molar-refractivity contribution in [3.8, 4) is 5.75 Å². The summed E-state index contributed by atoms with van der Waals surface area (Å²) in [7, 11) is 3.69. The average Bonchev–Trinajstić information content (AvgIpc) is 2.85. The number of hydrogen-bond donors (Lipinski definition) is 1. The predicted molar refractivity (Wildman–Crippen MR) is 81.0 cm³/mol. The van der Waals surface area contributed by atoms with E-state index in [-0.39, 0.29) is 0 Å². The van der Waals surface area contributed by atoms with Crippen LogP contribution in [0.2, 0.25) is 0 Å². The summed E-state index contributed by atoms with van der Waals surface area (Å²) in [6.07, 6.45) is 2.00. The van der Waals surface area contributed by atoms with Crippen molar-refractivity contribution in [2.45, 2.75) is 26.3 Å². The van der Waals surface area contributed by atoms with Crippen LogP contribution in [0.3, 0.4) is 0 Å². The largest absolute Gasteiger partial charge is 0.497 e. The zero-order chi connectivity index (χ0) is 14.4. The third-order valence-electron chi connectivity index (χ3n) is 3.45. The summed E-state index contributed by atoms with van der Waals surface area (Å²) >= 11 is 0. The van der Waals surface area contributed by atoms with Crippen LogP contribution in [-0.4, -0.2) is 23.4 Å². The van der Waals surface area contributed by atoms with E-state index in [1.165, 1.54) is 11.3 Å². The van der Waals surface area contributed by atoms with Crippen molar-refractivity contribution < 1.29 is 4.74 Å². The number of nitrogens with zero attached hydrogens (tertiary/aromatic N) is 2. The van der Waals surface area contributed by atoms with E-state index in [9.17, 15) is 0 Å². The number of rotatable bonds is 7. The Morgan fingerprint density at radius 3 is 2.60 bits per heavy atom. The SMILES string of the molecule is CCc1cc(CNCCc2ccc(OC)cc2)n(C)n1. The second-order valence-corrected chi connectivity index (χ2v) is 4.88. The summed E-state index contributed by atoms with van der Waals surface area (Å²) in [5.74, 6) is 0.906. The van der Waals surface area contributed by atoms with E-state index in [0.29, 0.717) is 0 Å². The standard InChI is InChI=1S/C16H23N3O/c1-4-14-11-15(19(2)18-14)12-17-10-9-13-5-7-16(20-3)8-6-13/h5-8,11,17H,4,9-10,12H2,1-3H3. The third kappa shape index (κ3) is 3.84. The summed E-state index contributed by atoms with van der Waals surface area (Å²) in [4.78, 5) is 0. The van der Waals surface area contributed by atoms with E-state index in [1.807, 2.05) is 23.9 Å². The molecule has 1 heterocycles. The van der Waals surface area contributed by atoms with Gasteiger partial charge in [-0.05, 0) is 43.1 Å².